The summed E-state index contributed by atoms with van der Waals surface area (Å²) in [5, 5.41) is 17.8. The van der Waals surface area contributed by atoms with Gasteiger partial charge in [0, 0.05) is 20.1 Å². The van der Waals surface area contributed by atoms with Crippen LogP contribution in [0.25, 0.3) is 22.3 Å². The van der Waals surface area contributed by atoms with E-state index in [9.17, 15) is 0 Å². The summed E-state index contributed by atoms with van der Waals surface area (Å²) in [5.74, 6) is 0. The molecular weight excluding hydrogens is 528 g/mol. The van der Waals surface area contributed by atoms with Crippen molar-refractivity contribution in [2.24, 2.45) is 20.5 Å². The Labute approximate surface area is 202 Å². The van der Waals surface area contributed by atoms with Crippen LogP contribution in [-0.2, 0) is 0 Å². The van der Waals surface area contributed by atoms with Crippen LogP contribution < -0.4 is 0 Å². The van der Waals surface area contributed by atoms with Gasteiger partial charge in [-0.1, -0.05) is 98.6 Å². The lowest BCUT2D eigenvalue weighted by atomic mass is 10.2. The molecule has 0 saturated heterocycles. The van der Waals surface area contributed by atoms with Crippen molar-refractivity contribution in [3.63, 3.8) is 0 Å². The lowest BCUT2D eigenvalue weighted by Crippen LogP contribution is -1.68. The van der Waals surface area contributed by atoms with Gasteiger partial charge in [-0.05, 0) is 41.5 Å². The Morgan fingerprint density at radius 1 is 0.406 bits per heavy atom. The molecular formula is C26H16Br2N4. The van der Waals surface area contributed by atoms with Gasteiger partial charge in [0.25, 0.3) is 0 Å². The average Bonchev–Trinajstić information content (AvgIpc) is 3.05. The van der Waals surface area contributed by atoms with Gasteiger partial charge in [-0.2, -0.15) is 10.2 Å². The van der Waals surface area contributed by atoms with Crippen LogP contribution >= 0.6 is 31.9 Å². The second-order valence-corrected chi connectivity index (χ2v) is 8.86. The molecule has 0 radical (unpaired) electrons. The van der Waals surface area contributed by atoms with Crippen LogP contribution in [0.3, 0.4) is 0 Å². The highest BCUT2D eigenvalue weighted by molar-refractivity contribution is 9.11. The van der Waals surface area contributed by atoms with Gasteiger partial charge in [0.05, 0.1) is 22.7 Å². The third-order valence-corrected chi connectivity index (χ3v) is 6.36. The van der Waals surface area contributed by atoms with Crippen LogP contribution in [0.2, 0.25) is 0 Å². The molecule has 4 nitrogen and oxygen atoms in total. The molecule has 0 N–H and O–H groups in total. The van der Waals surface area contributed by atoms with E-state index in [-0.39, 0.29) is 0 Å². The zero-order valence-corrected chi connectivity index (χ0v) is 20.0. The van der Waals surface area contributed by atoms with Crippen LogP contribution in [0.5, 0.6) is 0 Å². The van der Waals surface area contributed by atoms with Crippen molar-refractivity contribution in [3.8, 4) is 22.3 Å². The number of halogens is 2. The van der Waals surface area contributed by atoms with E-state index >= 15 is 0 Å². The number of benzene rings is 1. The normalized spacial score (nSPS) is 11.8. The summed E-state index contributed by atoms with van der Waals surface area (Å²) < 4.78 is 2.00. The summed E-state index contributed by atoms with van der Waals surface area (Å²) in [5.41, 5.74) is 7.36. The number of rotatable bonds is 4. The molecule has 0 atom stereocenters. The van der Waals surface area contributed by atoms with Crippen molar-refractivity contribution in [2.45, 2.75) is 0 Å². The first-order chi connectivity index (χ1) is 15.7. The van der Waals surface area contributed by atoms with Crippen LogP contribution in [0.4, 0.5) is 22.7 Å². The fourth-order valence-corrected chi connectivity index (χ4v) is 4.64. The van der Waals surface area contributed by atoms with E-state index < -0.39 is 0 Å². The van der Waals surface area contributed by atoms with E-state index in [2.05, 4.69) is 64.4 Å². The molecule has 6 heteroatoms. The SMILES string of the molecule is Brc1cc(N=Nc2cccc(N=Nc3cc(Br)c4cccccc3-4)c2)c2cccccc1-2. The van der Waals surface area contributed by atoms with Gasteiger partial charge in [-0.15, -0.1) is 10.2 Å². The molecule has 0 spiro atoms. The summed E-state index contributed by atoms with van der Waals surface area (Å²) in [6.07, 6.45) is 0. The minimum atomic E-state index is 0.715. The number of fused-ring (bicyclic) bond motifs is 2. The highest BCUT2D eigenvalue weighted by atomic mass is 79.9. The van der Waals surface area contributed by atoms with Crippen LogP contribution in [0.1, 0.15) is 0 Å². The number of azo groups is 2. The Morgan fingerprint density at radius 2 is 0.844 bits per heavy atom. The van der Waals surface area contributed by atoms with Crippen molar-refractivity contribution >= 4 is 54.6 Å². The highest BCUT2D eigenvalue weighted by Crippen LogP contribution is 2.42. The van der Waals surface area contributed by atoms with Gasteiger partial charge in [0.1, 0.15) is 0 Å². The van der Waals surface area contributed by atoms with Crippen LogP contribution in [0, 0.1) is 0 Å². The number of hydrogen-bond acceptors (Lipinski definition) is 4. The molecule has 0 unspecified atom stereocenters. The zero-order chi connectivity index (χ0) is 21.9. The molecule has 0 aromatic heterocycles. The predicted molar refractivity (Wildman–Crippen MR) is 136 cm³/mol. The molecule has 0 heterocycles. The number of nitrogens with zero attached hydrogens (tertiary/aromatic N) is 4. The predicted octanol–water partition coefficient (Wildman–Crippen LogP) is 10.3. The van der Waals surface area contributed by atoms with Crippen molar-refractivity contribution in [2.75, 3.05) is 0 Å². The van der Waals surface area contributed by atoms with E-state index in [1.165, 1.54) is 0 Å². The zero-order valence-electron chi connectivity index (χ0n) is 16.8. The van der Waals surface area contributed by atoms with E-state index in [0.717, 1.165) is 42.6 Å². The first-order valence-electron chi connectivity index (χ1n) is 9.97. The van der Waals surface area contributed by atoms with E-state index in [0.29, 0.717) is 11.4 Å². The Morgan fingerprint density at radius 3 is 1.31 bits per heavy atom. The molecule has 0 fully saturated rings. The monoisotopic (exact) mass is 542 g/mol. The summed E-state index contributed by atoms with van der Waals surface area (Å²) >= 11 is 7.22. The molecule has 1 aromatic carbocycles. The molecule has 4 aliphatic carbocycles. The average molecular weight is 544 g/mol. The summed E-state index contributed by atoms with van der Waals surface area (Å²) in [4.78, 5) is 0. The lowest BCUT2D eigenvalue weighted by molar-refractivity contribution is 1.21. The van der Waals surface area contributed by atoms with Gasteiger partial charge in [-0.25, -0.2) is 0 Å². The molecule has 5 rings (SSSR count). The van der Waals surface area contributed by atoms with Gasteiger partial charge in [-0.3, -0.25) is 0 Å². The highest BCUT2D eigenvalue weighted by Gasteiger charge is 2.13. The Bertz CT molecular complexity index is 1310. The fourth-order valence-electron chi connectivity index (χ4n) is 3.51. The van der Waals surface area contributed by atoms with Gasteiger partial charge in [0.2, 0.25) is 0 Å². The van der Waals surface area contributed by atoms with Crippen molar-refractivity contribution in [3.05, 3.63) is 106 Å². The van der Waals surface area contributed by atoms with Crippen molar-refractivity contribution in [1.29, 1.82) is 0 Å². The molecule has 4 aliphatic rings. The Kier molecular flexibility index (Phi) is 5.88. The molecule has 0 aliphatic heterocycles. The summed E-state index contributed by atoms with van der Waals surface area (Å²) in [6, 6.07) is 31.8. The number of hydrogen-bond donors (Lipinski definition) is 0. The third-order valence-electron chi connectivity index (χ3n) is 5.05. The maximum atomic E-state index is 4.48. The standard InChI is InChI=1S/C26H16Br2N4/c27-23-15-25(21-12-5-1-3-10-19(21)23)31-29-17-8-7-9-18(14-17)30-32-26-16-24(28)20-11-4-2-6-13-22(20)26/h1-16H. The Hall–Kier alpha value is -3.22. The summed E-state index contributed by atoms with van der Waals surface area (Å²) in [7, 11) is 0. The minimum absolute atomic E-state index is 0.715. The van der Waals surface area contributed by atoms with Crippen molar-refractivity contribution < 1.29 is 0 Å². The first kappa shape index (κ1) is 20.7. The van der Waals surface area contributed by atoms with E-state index in [4.69, 9.17) is 0 Å². The molecule has 0 saturated carbocycles. The topological polar surface area (TPSA) is 49.4 Å². The van der Waals surface area contributed by atoms with Gasteiger partial charge < -0.3 is 0 Å². The second-order valence-electron chi connectivity index (χ2n) is 7.15. The first-order valence-corrected chi connectivity index (χ1v) is 11.6. The molecule has 154 valence electrons. The molecule has 1 aromatic rings. The van der Waals surface area contributed by atoms with Gasteiger partial charge in [0.15, 0.2) is 0 Å². The third kappa shape index (κ3) is 4.24. The maximum absolute atomic E-state index is 4.48. The van der Waals surface area contributed by atoms with Crippen LogP contribution in [-0.4, -0.2) is 0 Å². The second kappa shape index (κ2) is 9.10. The largest absolute Gasteiger partial charge is 0.150 e. The van der Waals surface area contributed by atoms with E-state index in [1.54, 1.807) is 0 Å². The molecule has 0 bridgehead atoms. The lowest BCUT2D eigenvalue weighted by Gasteiger charge is -1.97. The Balaban J connectivity index is 1.41. The summed E-state index contributed by atoms with van der Waals surface area (Å²) in [6.45, 7) is 0. The molecule has 0 amide bonds. The molecule has 32 heavy (non-hydrogen) atoms. The maximum Gasteiger partial charge on any atom is 0.0947 e. The minimum Gasteiger partial charge on any atom is -0.150 e. The van der Waals surface area contributed by atoms with Crippen LogP contribution in [0.15, 0.2) is 126 Å². The smallest absolute Gasteiger partial charge is 0.0947 e. The fraction of sp³-hybridized carbons (Fsp3) is 0. The quantitative estimate of drug-likeness (QED) is 0.202. The van der Waals surface area contributed by atoms with Gasteiger partial charge >= 0.3 is 0 Å². The van der Waals surface area contributed by atoms with E-state index in [1.807, 2.05) is 84.9 Å². The van der Waals surface area contributed by atoms with Crippen molar-refractivity contribution in [1.82, 2.24) is 0 Å².